The molecule has 0 aromatic heterocycles. The Kier molecular flexibility index (Phi) is 36.2. The molecular weight excluding hydrogens is 670 g/mol. The Hall–Kier alpha value is -2.61. The zero-order valence-corrected chi connectivity index (χ0v) is 32.6. The van der Waals surface area contributed by atoms with Crippen LogP contribution in [0.3, 0.4) is 0 Å². The Labute approximate surface area is 313 Å². The number of amides is 3. The molecule has 0 aromatic carbocycles. The summed E-state index contributed by atoms with van der Waals surface area (Å²) >= 11 is 0. The molecule has 0 fully saturated rings. The van der Waals surface area contributed by atoms with Gasteiger partial charge in [-0.25, -0.2) is 4.79 Å². The number of ether oxygens (including phenoxy) is 4. The van der Waals surface area contributed by atoms with Gasteiger partial charge in [-0.2, -0.15) is 0 Å². The first-order valence-corrected chi connectivity index (χ1v) is 20.1. The summed E-state index contributed by atoms with van der Waals surface area (Å²) in [6, 6.07) is -1.11. The molecule has 0 saturated heterocycles. The zero-order chi connectivity index (χ0) is 38.3. The standard InChI is InChI=1S/C39H73N3O10/c1-3-4-5-6-7-8-9-10-11-12-13-14-15-16-17-18-19-20-37(45)42-35(39(47)48)21-22-36(44)40-24-27-51-31-32-52-33-38(46)41-25-28-50-30-29-49-26-23-34(2)43/h35H,3-33H2,1-2H3,(H,40,44)(H,41,46)(H,42,45)(H,47,48)/t35-/m0/s1. The van der Waals surface area contributed by atoms with Crippen LogP contribution >= 0.6 is 0 Å². The minimum Gasteiger partial charge on any atom is -0.480 e. The highest BCUT2D eigenvalue weighted by molar-refractivity contribution is 5.84. The minimum atomic E-state index is -1.15. The number of Topliss-reactive ketones (excluding diaryl/α,β-unsaturated/α-hetero) is 1. The summed E-state index contributed by atoms with van der Waals surface area (Å²) in [6.07, 6.45) is 22.1. The maximum Gasteiger partial charge on any atom is 0.326 e. The number of hydrogen-bond donors (Lipinski definition) is 4. The first-order chi connectivity index (χ1) is 25.3. The average molecular weight is 744 g/mol. The van der Waals surface area contributed by atoms with Crippen LogP contribution in [0.2, 0.25) is 0 Å². The third-order valence-corrected chi connectivity index (χ3v) is 8.51. The second-order valence-electron chi connectivity index (χ2n) is 13.4. The van der Waals surface area contributed by atoms with Crippen molar-refractivity contribution in [2.75, 3.05) is 65.9 Å². The van der Waals surface area contributed by atoms with Crippen LogP contribution in [-0.4, -0.2) is 107 Å². The Morgan fingerprint density at radius 2 is 0.942 bits per heavy atom. The molecule has 13 nitrogen and oxygen atoms in total. The molecule has 0 aromatic rings. The third kappa shape index (κ3) is 37.2. The van der Waals surface area contributed by atoms with E-state index in [-0.39, 0.29) is 75.7 Å². The molecule has 52 heavy (non-hydrogen) atoms. The van der Waals surface area contributed by atoms with Gasteiger partial charge < -0.3 is 40.0 Å². The molecule has 0 unspecified atom stereocenters. The molecule has 0 heterocycles. The van der Waals surface area contributed by atoms with Crippen molar-refractivity contribution < 1.29 is 48.0 Å². The normalized spacial score (nSPS) is 11.7. The fourth-order valence-electron chi connectivity index (χ4n) is 5.40. The molecule has 0 bridgehead atoms. The SMILES string of the molecule is CCCCCCCCCCCCCCCCCCCC(=O)N[C@@H](CCC(=O)NCCOCCOCC(=O)NCCOCCOCCC(C)=O)C(=O)O. The summed E-state index contributed by atoms with van der Waals surface area (Å²) in [7, 11) is 0. The first-order valence-electron chi connectivity index (χ1n) is 20.1. The van der Waals surface area contributed by atoms with E-state index in [9.17, 15) is 29.1 Å². The Morgan fingerprint density at radius 1 is 0.500 bits per heavy atom. The van der Waals surface area contributed by atoms with Crippen LogP contribution in [0.1, 0.15) is 149 Å². The minimum absolute atomic E-state index is 0.00543. The van der Waals surface area contributed by atoms with E-state index in [1.54, 1.807) is 0 Å². The van der Waals surface area contributed by atoms with Crippen molar-refractivity contribution in [3.63, 3.8) is 0 Å². The summed E-state index contributed by atoms with van der Waals surface area (Å²) in [6.45, 7) is 6.38. The van der Waals surface area contributed by atoms with Gasteiger partial charge in [0.15, 0.2) is 0 Å². The largest absolute Gasteiger partial charge is 0.480 e. The van der Waals surface area contributed by atoms with Gasteiger partial charge in [0.2, 0.25) is 17.7 Å². The number of rotatable bonds is 40. The molecule has 0 spiro atoms. The van der Waals surface area contributed by atoms with E-state index >= 15 is 0 Å². The number of ketones is 1. The summed E-state index contributed by atoms with van der Waals surface area (Å²) in [5.41, 5.74) is 0. The molecule has 1 atom stereocenters. The first kappa shape index (κ1) is 49.4. The van der Waals surface area contributed by atoms with E-state index in [4.69, 9.17) is 18.9 Å². The Morgan fingerprint density at radius 3 is 1.42 bits per heavy atom. The molecule has 304 valence electrons. The van der Waals surface area contributed by atoms with Crippen molar-refractivity contribution in [3.8, 4) is 0 Å². The van der Waals surface area contributed by atoms with Crippen molar-refractivity contribution in [3.05, 3.63) is 0 Å². The average Bonchev–Trinajstić information content (AvgIpc) is 3.11. The summed E-state index contributed by atoms with van der Waals surface area (Å²) in [4.78, 5) is 58.6. The van der Waals surface area contributed by atoms with Gasteiger partial charge in [0, 0.05) is 32.4 Å². The number of carboxylic acid groups (broad SMARTS) is 1. The molecule has 13 heteroatoms. The van der Waals surface area contributed by atoms with Gasteiger partial charge in [0.05, 0.1) is 46.2 Å². The highest BCUT2D eigenvalue weighted by Crippen LogP contribution is 2.14. The van der Waals surface area contributed by atoms with Gasteiger partial charge in [-0.3, -0.25) is 19.2 Å². The second-order valence-corrected chi connectivity index (χ2v) is 13.4. The van der Waals surface area contributed by atoms with Crippen molar-refractivity contribution in [1.82, 2.24) is 16.0 Å². The number of hydrogen-bond acceptors (Lipinski definition) is 9. The number of nitrogens with one attached hydrogen (secondary N) is 3. The van der Waals surface area contributed by atoms with Crippen LogP contribution in [-0.2, 0) is 42.9 Å². The van der Waals surface area contributed by atoms with E-state index < -0.39 is 12.0 Å². The molecule has 0 aliphatic rings. The van der Waals surface area contributed by atoms with Crippen molar-refractivity contribution in [1.29, 1.82) is 0 Å². The Balaban J connectivity index is 3.64. The third-order valence-electron chi connectivity index (χ3n) is 8.51. The van der Waals surface area contributed by atoms with Crippen molar-refractivity contribution in [2.45, 2.75) is 155 Å². The molecule has 0 aliphatic carbocycles. The smallest absolute Gasteiger partial charge is 0.326 e. The number of carbonyl (C=O) groups is 5. The highest BCUT2D eigenvalue weighted by atomic mass is 16.5. The molecule has 0 radical (unpaired) electrons. The lowest BCUT2D eigenvalue weighted by Gasteiger charge is -2.14. The second kappa shape index (κ2) is 38.1. The van der Waals surface area contributed by atoms with E-state index in [0.717, 1.165) is 19.3 Å². The molecular formula is C39H73N3O10. The number of unbranched alkanes of at least 4 members (excludes halogenated alkanes) is 16. The molecule has 0 aliphatic heterocycles. The fourth-order valence-corrected chi connectivity index (χ4v) is 5.40. The summed E-state index contributed by atoms with van der Waals surface area (Å²) in [5.74, 6) is -1.97. The highest BCUT2D eigenvalue weighted by Gasteiger charge is 2.20. The fraction of sp³-hybridized carbons (Fsp3) is 0.872. The van der Waals surface area contributed by atoms with E-state index in [2.05, 4.69) is 22.9 Å². The number of carbonyl (C=O) groups excluding carboxylic acids is 4. The van der Waals surface area contributed by atoms with Crippen LogP contribution < -0.4 is 16.0 Å². The summed E-state index contributed by atoms with van der Waals surface area (Å²) in [5, 5.41) is 17.4. The van der Waals surface area contributed by atoms with Crippen LogP contribution in [0.4, 0.5) is 0 Å². The van der Waals surface area contributed by atoms with Crippen LogP contribution in [0, 0.1) is 0 Å². The predicted molar refractivity (Wildman–Crippen MR) is 202 cm³/mol. The monoisotopic (exact) mass is 744 g/mol. The van der Waals surface area contributed by atoms with Gasteiger partial charge in [-0.05, 0) is 19.8 Å². The zero-order valence-electron chi connectivity index (χ0n) is 32.6. The van der Waals surface area contributed by atoms with Crippen molar-refractivity contribution in [2.24, 2.45) is 0 Å². The van der Waals surface area contributed by atoms with Gasteiger partial charge in [0.25, 0.3) is 0 Å². The lowest BCUT2D eigenvalue weighted by Crippen LogP contribution is -2.41. The van der Waals surface area contributed by atoms with Crippen LogP contribution in [0.15, 0.2) is 0 Å². The van der Waals surface area contributed by atoms with Gasteiger partial charge in [0.1, 0.15) is 18.4 Å². The number of aliphatic carboxylic acids is 1. The summed E-state index contributed by atoms with van der Waals surface area (Å²) < 4.78 is 21.2. The van der Waals surface area contributed by atoms with E-state index in [1.807, 2.05) is 0 Å². The lowest BCUT2D eigenvalue weighted by molar-refractivity contribution is -0.142. The maximum atomic E-state index is 12.3. The van der Waals surface area contributed by atoms with Gasteiger partial charge >= 0.3 is 5.97 Å². The number of carboxylic acids is 1. The molecule has 0 rings (SSSR count). The Bertz CT molecular complexity index is 906. The molecule has 0 saturated carbocycles. The van der Waals surface area contributed by atoms with Crippen LogP contribution in [0.25, 0.3) is 0 Å². The van der Waals surface area contributed by atoms with Crippen molar-refractivity contribution >= 4 is 29.5 Å². The topological polar surface area (TPSA) is 179 Å². The quantitative estimate of drug-likeness (QED) is 0.0573. The van der Waals surface area contributed by atoms with E-state index in [0.29, 0.717) is 39.4 Å². The van der Waals surface area contributed by atoms with E-state index in [1.165, 1.54) is 96.8 Å². The van der Waals surface area contributed by atoms with Gasteiger partial charge in [-0.1, -0.05) is 110 Å². The van der Waals surface area contributed by atoms with Crippen LogP contribution in [0.5, 0.6) is 0 Å². The maximum absolute atomic E-state index is 12.3. The van der Waals surface area contributed by atoms with Gasteiger partial charge in [-0.15, -0.1) is 0 Å². The lowest BCUT2D eigenvalue weighted by atomic mass is 10.0. The molecule has 3 amide bonds. The molecule has 4 N–H and O–H groups in total. The predicted octanol–water partition coefficient (Wildman–Crippen LogP) is 5.66.